The van der Waals surface area contributed by atoms with Crippen LogP contribution >= 0.6 is 0 Å². The average molecular weight is 267 g/mol. The number of fused-ring (bicyclic) bond motifs is 1. The minimum atomic E-state index is 0.241. The fraction of sp³-hybridized carbons (Fsp3) is 0.118. The smallest absolute Gasteiger partial charge is 0.364 e. The van der Waals surface area contributed by atoms with Gasteiger partial charge < -0.3 is 9.84 Å². The van der Waals surface area contributed by atoms with Crippen LogP contribution in [0.4, 0.5) is 0 Å². The Hall–Kier alpha value is -2.55. The van der Waals surface area contributed by atoms with E-state index in [-0.39, 0.29) is 5.75 Å². The zero-order valence-corrected chi connectivity index (χ0v) is 11.4. The Morgan fingerprint density at radius 1 is 1.00 bits per heavy atom. The molecular weight excluding hydrogens is 252 g/mol. The molecule has 3 rings (SSSR count). The van der Waals surface area contributed by atoms with Crippen LogP contribution in [0.1, 0.15) is 5.56 Å². The number of phenolic OH excluding ortho intramolecular Hbond substituents is 1. The quantitative estimate of drug-likeness (QED) is 0.699. The van der Waals surface area contributed by atoms with Crippen LogP contribution < -0.4 is 4.74 Å². The molecule has 2 aromatic carbocycles. The van der Waals surface area contributed by atoms with Crippen molar-refractivity contribution in [1.82, 2.24) is 0 Å². The van der Waals surface area contributed by atoms with Gasteiger partial charge in [-0.25, -0.2) is 4.42 Å². The van der Waals surface area contributed by atoms with E-state index in [1.807, 2.05) is 49.4 Å². The molecule has 0 fully saturated rings. The van der Waals surface area contributed by atoms with Crippen LogP contribution in [0, 0.1) is 6.92 Å². The van der Waals surface area contributed by atoms with Crippen LogP contribution in [-0.4, -0.2) is 12.2 Å². The third-order valence-corrected chi connectivity index (χ3v) is 3.26. The molecule has 0 unspecified atom stereocenters. The predicted molar refractivity (Wildman–Crippen MR) is 79.0 cm³/mol. The number of aryl methyl sites for hydroxylation is 1. The van der Waals surface area contributed by atoms with Crippen molar-refractivity contribution in [1.29, 1.82) is 0 Å². The molecule has 1 heterocycles. The lowest BCUT2D eigenvalue weighted by molar-refractivity contribution is 0.415. The average Bonchev–Trinajstić information content (AvgIpc) is 2.46. The molecule has 0 aliphatic heterocycles. The summed E-state index contributed by atoms with van der Waals surface area (Å²) in [5, 5.41) is 10.6. The predicted octanol–water partition coefficient (Wildman–Crippen LogP) is 4.40. The molecule has 0 aliphatic rings. The Balaban J connectivity index is 2.12. The molecule has 0 saturated heterocycles. The number of benzene rings is 2. The van der Waals surface area contributed by atoms with E-state index >= 15 is 0 Å². The molecule has 0 radical (unpaired) electrons. The highest BCUT2D eigenvalue weighted by molar-refractivity contribution is 5.85. The van der Waals surface area contributed by atoms with Gasteiger partial charge in [-0.2, -0.15) is 0 Å². The molecule has 0 saturated carbocycles. The van der Waals surface area contributed by atoms with Gasteiger partial charge in [0.05, 0.1) is 12.7 Å². The van der Waals surface area contributed by atoms with Gasteiger partial charge in [0, 0.05) is 12.1 Å². The van der Waals surface area contributed by atoms with Gasteiger partial charge in [0.1, 0.15) is 16.9 Å². The van der Waals surface area contributed by atoms with Crippen molar-refractivity contribution in [2.45, 2.75) is 6.92 Å². The number of aromatic hydroxyl groups is 1. The van der Waals surface area contributed by atoms with Crippen molar-refractivity contribution in [3.63, 3.8) is 0 Å². The molecule has 3 aromatic rings. The topological polar surface area (TPSA) is 40.8 Å². The molecule has 100 valence electrons. The summed E-state index contributed by atoms with van der Waals surface area (Å²) < 4.78 is 11.0. The number of methoxy groups -OCH3 is 1. The van der Waals surface area contributed by atoms with E-state index in [2.05, 4.69) is 0 Å². The van der Waals surface area contributed by atoms with Crippen molar-refractivity contribution in [3.8, 4) is 22.8 Å². The second-order valence-electron chi connectivity index (χ2n) is 4.72. The summed E-state index contributed by atoms with van der Waals surface area (Å²) in [7, 11) is 1.64. The number of phenols is 1. The van der Waals surface area contributed by atoms with E-state index in [0.717, 1.165) is 22.6 Å². The fourth-order valence-electron chi connectivity index (χ4n) is 2.22. The molecule has 1 aromatic heterocycles. The minimum Gasteiger partial charge on any atom is -0.507 e. The van der Waals surface area contributed by atoms with Crippen LogP contribution in [0.5, 0.6) is 11.5 Å². The first-order chi connectivity index (χ1) is 9.67. The first kappa shape index (κ1) is 12.5. The van der Waals surface area contributed by atoms with E-state index in [4.69, 9.17) is 9.15 Å². The Morgan fingerprint density at radius 3 is 2.45 bits per heavy atom. The van der Waals surface area contributed by atoms with Gasteiger partial charge >= 0.3 is 11.3 Å². The van der Waals surface area contributed by atoms with Crippen LogP contribution in [0.15, 0.2) is 52.9 Å². The maximum absolute atomic E-state index is 9.91. The fourth-order valence-corrected chi connectivity index (χ4v) is 2.22. The standard InChI is InChI=1S/C17H14O3/c1-11-9-15(18)14-7-8-16(20-17(14)10-11)12-3-5-13(19-2)6-4-12/h3-10H,1-2H3/p+1. The molecule has 0 spiro atoms. The summed E-state index contributed by atoms with van der Waals surface area (Å²) in [6.45, 7) is 1.93. The minimum absolute atomic E-state index is 0.241. The molecule has 3 nitrogen and oxygen atoms in total. The van der Waals surface area contributed by atoms with Crippen molar-refractivity contribution in [2.75, 3.05) is 7.11 Å². The molecule has 0 amide bonds. The summed E-state index contributed by atoms with van der Waals surface area (Å²) in [6, 6.07) is 15.0. The third kappa shape index (κ3) is 2.18. The van der Waals surface area contributed by atoms with E-state index < -0.39 is 0 Å². The lowest BCUT2D eigenvalue weighted by atomic mass is 10.1. The van der Waals surface area contributed by atoms with E-state index in [0.29, 0.717) is 11.0 Å². The Labute approximate surface area is 117 Å². The molecule has 1 N–H and O–H groups in total. The highest BCUT2D eigenvalue weighted by Gasteiger charge is 2.17. The summed E-state index contributed by atoms with van der Waals surface area (Å²) >= 11 is 0. The molecule has 0 aliphatic carbocycles. The summed E-state index contributed by atoms with van der Waals surface area (Å²) in [4.78, 5) is 0. The molecule has 3 heteroatoms. The van der Waals surface area contributed by atoms with Crippen LogP contribution in [0.3, 0.4) is 0 Å². The van der Waals surface area contributed by atoms with Gasteiger partial charge in [-0.1, -0.05) is 0 Å². The number of rotatable bonds is 2. The number of hydrogen-bond acceptors (Lipinski definition) is 2. The SMILES string of the molecule is COc1ccc(-c2ccc3c(O)cc(C)cc3[o+]2)cc1. The summed E-state index contributed by atoms with van der Waals surface area (Å²) in [5.41, 5.74) is 2.61. The summed E-state index contributed by atoms with van der Waals surface area (Å²) in [5.74, 6) is 1.80. The third-order valence-electron chi connectivity index (χ3n) is 3.26. The van der Waals surface area contributed by atoms with Crippen LogP contribution in [-0.2, 0) is 0 Å². The first-order valence-electron chi connectivity index (χ1n) is 6.38. The Morgan fingerprint density at radius 2 is 1.75 bits per heavy atom. The maximum Gasteiger partial charge on any atom is 0.364 e. The monoisotopic (exact) mass is 267 g/mol. The van der Waals surface area contributed by atoms with Crippen molar-refractivity contribution in [2.24, 2.45) is 0 Å². The van der Waals surface area contributed by atoms with Crippen LogP contribution in [0.25, 0.3) is 22.3 Å². The van der Waals surface area contributed by atoms with Gasteiger partial charge in [0.2, 0.25) is 0 Å². The lowest BCUT2D eigenvalue weighted by Gasteiger charge is -1.99. The highest BCUT2D eigenvalue weighted by atomic mass is 16.5. The zero-order valence-electron chi connectivity index (χ0n) is 11.4. The van der Waals surface area contributed by atoms with Crippen molar-refractivity contribution < 1.29 is 14.3 Å². The van der Waals surface area contributed by atoms with Gasteiger partial charge in [-0.15, -0.1) is 0 Å². The lowest BCUT2D eigenvalue weighted by Crippen LogP contribution is -1.84. The van der Waals surface area contributed by atoms with Gasteiger partial charge in [0.15, 0.2) is 0 Å². The van der Waals surface area contributed by atoms with E-state index in [1.165, 1.54) is 0 Å². The maximum atomic E-state index is 9.91. The highest BCUT2D eigenvalue weighted by Crippen LogP contribution is 2.31. The second-order valence-corrected chi connectivity index (χ2v) is 4.72. The van der Waals surface area contributed by atoms with Gasteiger partial charge in [-0.05, 0) is 48.9 Å². The Kier molecular flexibility index (Phi) is 3.03. The van der Waals surface area contributed by atoms with Gasteiger partial charge in [0.25, 0.3) is 0 Å². The molecule has 0 bridgehead atoms. The van der Waals surface area contributed by atoms with Crippen molar-refractivity contribution >= 4 is 11.0 Å². The van der Waals surface area contributed by atoms with E-state index in [9.17, 15) is 5.11 Å². The normalized spacial score (nSPS) is 10.7. The van der Waals surface area contributed by atoms with E-state index in [1.54, 1.807) is 13.2 Å². The summed E-state index contributed by atoms with van der Waals surface area (Å²) in [6.07, 6.45) is 0. The number of ether oxygens (including phenoxy) is 1. The number of hydrogen-bond donors (Lipinski definition) is 1. The second kappa shape index (κ2) is 4.85. The van der Waals surface area contributed by atoms with Crippen molar-refractivity contribution in [3.05, 3.63) is 54.1 Å². The molecule has 0 atom stereocenters. The zero-order chi connectivity index (χ0) is 14.1. The molecular formula is C17H15O3+. The largest absolute Gasteiger partial charge is 0.507 e. The Bertz CT molecular complexity index is 761. The van der Waals surface area contributed by atoms with Crippen LogP contribution in [0.2, 0.25) is 0 Å². The van der Waals surface area contributed by atoms with Gasteiger partial charge in [-0.3, -0.25) is 0 Å². The molecule has 20 heavy (non-hydrogen) atoms. The first-order valence-corrected chi connectivity index (χ1v) is 6.38.